The van der Waals surface area contributed by atoms with Crippen LogP contribution < -0.4 is 4.72 Å². The molecule has 0 aromatic heterocycles. The van der Waals surface area contributed by atoms with Crippen molar-refractivity contribution in [2.24, 2.45) is 0 Å². The molecule has 4 nitrogen and oxygen atoms in total. The lowest BCUT2D eigenvalue weighted by molar-refractivity contribution is 0.168. The Bertz CT molecular complexity index is 594. The number of rotatable bonds is 4. The minimum atomic E-state index is -3.45. The van der Waals surface area contributed by atoms with Crippen molar-refractivity contribution in [1.82, 2.24) is 9.62 Å². The Morgan fingerprint density at radius 2 is 1.90 bits per heavy atom. The number of halogens is 1. The molecule has 6 heteroatoms. The molecule has 0 aliphatic carbocycles. The molecule has 0 atom stereocenters. The summed E-state index contributed by atoms with van der Waals surface area (Å²) in [5.74, 6) is 0. The van der Waals surface area contributed by atoms with Gasteiger partial charge in [0, 0.05) is 16.6 Å². The molecule has 1 aromatic carbocycles. The first-order chi connectivity index (χ1) is 9.79. The smallest absolute Gasteiger partial charge is 0.241 e. The molecule has 0 bridgehead atoms. The molecule has 1 saturated heterocycles. The molecule has 0 amide bonds. The highest BCUT2D eigenvalue weighted by molar-refractivity contribution is 9.10. The van der Waals surface area contributed by atoms with Gasteiger partial charge in [0.2, 0.25) is 10.0 Å². The third kappa shape index (κ3) is 4.28. The molecular formula is C15H23BrN2O2S. The van der Waals surface area contributed by atoms with E-state index in [9.17, 15) is 8.42 Å². The van der Waals surface area contributed by atoms with Gasteiger partial charge in [0.05, 0.1) is 4.90 Å². The van der Waals surface area contributed by atoms with E-state index in [2.05, 4.69) is 39.4 Å². The quantitative estimate of drug-likeness (QED) is 0.881. The van der Waals surface area contributed by atoms with Crippen LogP contribution in [0.3, 0.4) is 0 Å². The van der Waals surface area contributed by atoms with Gasteiger partial charge in [-0.2, -0.15) is 0 Å². The normalized spacial score (nSPS) is 18.3. The van der Waals surface area contributed by atoms with Gasteiger partial charge in [0.25, 0.3) is 0 Å². The van der Waals surface area contributed by atoms with Crippen molar-refractivity contribution in [2.75, 3.05) is 13.1 Å². The molecule has 1 aliphatic rings. The van der Waals surface area contributed by atoms with E-state index in [1.807, 2.05) is 19.1 Å². The maximum absolute atomic E-state index is 12.5. The van der Waals surface area contributed by atoms with Crippen molar-refractivity contribution in [2.45, 2.75) is 50.6 Å². The van der Waals surface area contributed by atoms with Gasteiger partial charge in [0.1, 0.15) is 0 Å². The summed E-state index contributed by atoms with van der Waals surface area (Å²) in [6.45, 7) is 8.07. The lowest BCUT2D eigenvalue weighted by Crippen LogP contribution is -2.46. The summed E-state index contributed by atoms with van der Waals surface area (Å²) < 4.78 is 28.7. The second kappa shape index (κ2) is 6.77. The molecule has 1 heterocycles. The van der Waals surface area contributed by atoms with Gasteiger partial charge in [0.15, 0.2) is 0 Å². The summed E-state index contributed by atoms with van der Waals surface area (Å²) >= 11 is 3.34. The van der Waals surface area contributed by atoms with Crippen molar-refractivity contribution in [3.8, 4) is 0 Å². The zero-order chi connectivity index (χ0) is 15.6. The fraction of sp³-hybridized carbons (Fsp3) is 0.600. The van der Waals surface area contributed by atoms with E-state index in [1.165, 1.54) is 0 Å². The fourth-order valence-electron chi connectivity index (χ4n) is 2.68. The predicted octanol–water partition coefficient (Wildman–Crippen LogP) is 2.91. The zero-order valence-electron chi connectivity index (χ0n) is 12.8. The van der Waals surface area contributed by atoms with Crippen molar-refractivity contribution in [3.05, 3.63) is 28.2 Å². The van der Waals surface area contributed by atoms with E-state index in [0.29, 0.717) is 10.9 Å². The molecule has 2 rings (SSSR count). The number of likely N-dealkylation sites (tertiary alicyclic amines) is 1. The highest BCUT2D eigenvalue weighted by Crippen LogP contribution is 2.22. The lowest BCUT2D eigenvalue weighted by Gasteiger charge is -2.34. The number of nitrogens with zero attached hydrogens (tertiary/aromatic N) is 1. The molecule has 0 spiro atoms. The number of benzene rings is 1. The van der Waals surface area contributed by atoms with E-state index < -0.39 is 10.0 Å². The van der Waals surface area contributed by atoms with Crippen LogP contribution in [0.25, 0.3) is 0 Å². The number of hydrogen-bond donors (Lipinski definition) is 1. The monoisotopic (exact) mass is 374 g/mol. The molecule has 0 radical (unpaired) electrons. The van der Waals surface area contributed by atoms with Crippen LogP contribution in [0.2, 0.25) is 0 Å². The van der Waals surface area contributed by atoms with Gasteiger partial charge in [-0.05, 0) is 64.4 Å². The SMILES string of the molecule is Cc1ccc(Br)cc1S(=O)(=O)NC1CCN(C(C)C)CC1. The number of piperidine rings is 1. The number of sulfonamides is 1. The summed E-state index contributed by atoms with van der Waals surface area (Å²) in [5.41, 5.74) is 0.769. The van der Waals surface area contributed by atoms with E-state index in [0.717, 1.165) is 36.0 Å². The van der Waals surface area contributed by atoms with Crippen LogP contribution in [-0.2, 0) is 10.0 Å². The first kappa shape index (κ1) is 16.9. The fourth-order valence-corrected chi connectivity index (χ4v) is 4.77. The third-order valence-corrected chi connectivity index (χ3v) is 6.18. The molecule has 1 aliphatic heterocycles. The van der Waals surface area contributed by atoms with Gasteiger partial charge in [-0.3, -0.25) is 0 Å². The Morgan fingerprint density at radius 1 is 1.29 bits per heavy atom. The summed E-state index contributed by atoms with van der Waals surface area (Å²) in [6, 6.07) is 5.90. The summed E-state index contributed by atoms with van der Waals surface area (Å²) in [5, 5.41) is 0. The first-order valence-corrected chi connectivity index (χ1v) is 9.60. The topological polar surface area (TPSA) is 49.4 Å². The van der Waals surface area contributed by atoms with E-state index >= 15 is 0 Å². The molecule has 0 saturated carbocycles. The summed E-state index contributed by atoms with van der Waals surface area (Å²) in [6.07, 6.45) is 1.73. The molecule has 1 N–H and O–H groups in total. The van der Waals surface area contributed by atoms with Crippen molar-refractivity contribution in [3.63, 3.8) is 0 Å². The molecular weight excluding hydrogens is 352 g/mol. The van der Waals surface area contributed by atoms with Crippen LogP contribution in [0, 0.1) is 6.92 Å². The van der Waals surface area contributed by atoms with Gasteiger partial charge < -0.3 is 4.90 Å². The minimum Gasteiger partial charge on any atom is -0.301 e. The highest BCUT2D eigenvalue weighted by Gasteiger charge is 2.26. The molecule has 1 aromatic rings. The van der Waals surface area contributed by atoms with E-state index in [1.54, 1.807) is 6.07 Å². The van der Waals surface area contributed by atoms with Crippen molar-refractivity contribution >= 4 is 26.0 Å². The van der Waals surface area contributed by atoms with E-state index in [-0.39, 0.29) is 6.04 Å². The van der Waals surface area contributed by atoms with Crippen LogP contribution in [0.15, 0.2) is 27.6 Å². The van der Waals surface area contributed by atoms with Gasteiger partial charge >= 0.3 is 0 Å². The Labute approximate surface area is 136 Å². The van der Waals surface area contributed by atoms with Crippen molar-refractivity contribution in [1.29, 1.82) is 0 Å². The van der Waals surface area contributed by atoms with Crippen LogP contribution in [0.5, 0.6) is 0 Å². The Kier molecular flexibility index (Phi) is 5.46. The molecule has 118 valence electrons. The zero-order valence-corrected chi connectivity index (χ0v) is 15.2. The Balaban J connectivity index is 2.07. The van der Waals surface area contributed by atoms with E-state index in [4.69, 9.17) is 0 Å². The molecule has 21 heavy (non-hydrogen) atoms. The number of nitrogens with one attached hydrogen (secondary N) is 1. The Hall–Kier alpha value is -0.430. The van der Waals surface area contributed by atoms with Crippen LogP contribution in [0.4, 0.5) is 0 Å². The van der Waals surface area contributed by atoms with Crippen molar-refractivity contribution < 1.29 is 8.42 Å². The molecule has 1 fully saturated rings. The second-order valence-electron chi connectivity index (χ2n) is 5.94. The van der Waals surface area contributed by atoms with Gasteiger partial charge in [-0.1, -0.05) is 22.0 Å². The predicted molar refractivity (Wildman–Crippen MR) is 88.9 cm³/mol. The van der Waals surface area contributed by atoms with Crippen LogP contribution in [0.1, 0.15) is 32.3 Å². The summed E-state index contributed by atoms with van der Waals surface area (Å²) in [4.78, 5) is 2.75. The maximum atomic E-state index is 12.5. The Morgan fingerprint density at radius 3 is 2.48 bits per heavy atom. The van der Waals surface area contributed by atoms with Crippen LogP contribution >= 0.6 is 15.9 Å². The lowest BCUT2D eigenvalue weighted by atomic mass is 10.1. The second-order valence-corrected chi connectivity index (χ2v) is 8.53. The third-order valence-electron chi connectivity index (χ3n) is 4.02. The maximum Gasteiger partial charge on any atom is 0.241 e. The highest BCUT2D eigenvalue weighted by atomic mass is 79.9. The van der Waals surface area contributed by atoms with Gasteiger partial charge in [-0.25, -0.2) is 13.1 Å². The number of hydrogen-bond acceptors (Lipinski definition) is 3. The largest absolute Gasteiger partial charge is 0.301 e. The van der Waals surface area contributed by atoms with Gasteiger partial charge in [-0.15, -0.1) is 0 Å². The first-order valence-electron chi connectivity index (χ1n) is 7.32. The summed E-state index contributed by atoms with van der Waals surface area (Å²) in [7, 11) is -3.45. The minimum absolute atomic E-state index is 0.0309. The van der Waals surface area contributed by atoms with Crippen LogP contribution in [-0.4, -0.2) is 38.5 Å². The standard InChI is InChI=1S/C15H23BrN2O2S/c1-11(2)18-8-6-14(7-9-18)17-21(19,20)15-10-13(16)5-4-12(15)3/h4-5,10-11,14,17H,6-9H2,1-3H3. The average Bonchev–Trinajstić information content (AvgIpc) is 2.41. The molecule has 0 unspecified atom stereocenters. The number of aryl methyl sites for hydroxylation is 1. The average molecular weight is 375 g/mol.